The largest absolute Gasteiger partial charge is 0.242 e. The number of halogens is 2. The van der Waals surface area contributed by atoms with Crippen LogP contribution in [0.5, 0.6) is 0 Å². The molecule has 1 aliphatic rings. The molecule has 0 aliphatic heterocycles. The van der Waals surface area contributed by atoms with Gasteiger partial charge in [-0.05, 0) is 30.9 Å². The Balaban J connectivity index is 2.12. The molecule has 100 valence electrons. The number of hydrogen-bond donors (Lipinski definition) is 1. The summed E-state index contributed by atoms with van der Waals surface area (Å²) < 4.78 is 26.8. The second kappa shape index (κ2) is 5.78. The van der Waals surface area contributed by atoms with Gasteiger partial charge < -0.3 is 0 Å². The molecule has 1 aliphatic carbocycles. The zero-order valence-corrected chi connectivity index (χ0v) is 12.2. The van der Waals surface area contributed by atoms with Crippen LogP contribution < -0.4 is 4.72 Å². The smallest absolute Gasteiger partial charge is 0.211 e. The van der Waals surface area contributed by atoms with Crippen LogP contribution in [0.15, 0.2) is 23.1 Å². The lowest BCUT2D eigenvalue weighted by Gasteiger charge is -2.12. The Labute approximate surface area is 118 Å². The molecule has 0 spiro atoms. The molecule has 6 heteroatoms. The fourth-order valence-corrected chi connectivity index (χ4v) is 4.09. The van der Waals surface area contributed by atoms with Crippen molar-refractivity contribution in [2.45, 2.75) is 30.6 Å². The molecule has 1 aromatic rings. The van der Waals surface area contributed by atoms with Crippen molar-refractivity contribution in [2.24, 2.45) is 5.92 Å². The summed E-state index contributed by atoms with van der Waals surface area (Å²) in [4.78, 5) is 0.0506. The standard InChI is InChI=1S/C12H15Cl2NO2S/c13-10-6-3-7-11(12(10)14)18(16,17)15-8-9-4-1-2-5-9/h3,6-7,9,15H,1-2,4-5,8H2. The maximum absolute atomic E-state index is 12.1. The van der Waals surface area contributed by atoms with Crippen LogP contribution >= 0.6 is 23.2 Å². The normalized spacial score (nSPS) is 17.2. The van der Waals surface area contributed by atoms with Crippen LogP contribution in [0, 0.1) is 5.92 Å². The number of rotatable bonds is 4. The molecule has 1 N–H and O–H groups in total. The molecule has 0 saturated heterocycles. The first-order valence-electron chi connectivity index (χ1n) is 5.94. The summed E-state index contributed by atoms with van der Waals surface area (Å²) in [5.74, 6) is 0.442. The van der Waals surface area contributed by atoms with Gasteiger partial charge in [0.2, 0.25) is 10.0 Å². The summed E-state index contributed by atoms with van der Waals surface area (Å²) in [6, 6.07) is 4.61. The molecular weight excluding hydrogens is 293 g/mol. The Morgan fingerprint density at radius 3 is 2.56 bits per heavy atom. The molecule has 0 bridgehead atoms. The van der Waals surface area contributed by atoms with Crippen LogP contribution in [0.1, 0.15) is 25.7 Å². The fraction of sp³-hybridized carbons (Fsp3) is 0.500. The SMILES string of the molecule is O=S(=O)(NCC1CCCC1)c1cccc(Cl)c1Cl. The second-order valence-electron chi connectivity index (χ2n) is 4.55. The van der Waals surface area contributed by atoms with Gasteiger partial charge in [0.1, 0.15) is 4.90 Å². The van der Waals surface area contributed by atoms with E-state index in [1.54, 1.807) is 12.1 Å². The molecule has 0 atom stereocenters. The van der Waals surface area contributed by atoms with E-state index in [0.29, 0.717) is 12.5 Å². The van der Waals surface area contributed by atoms with Crippen molar-refractivity contribution < 1.29 is 8.42 Å². The first kappa shape index (κ1) is 14.1. The van der Waals surface area contributed by atoms with Gasteiger partial charge in [-0.15, -0.1) is 0 Å². The topological polar surface area (TPSA) is 46.2 Å². The van der Waals surface area contributed by atoms with E-state index in [1.165, 1.54) is 18.9 Å². The molecule has 3 nitrogen and oxygen atoms in total. The van der Waals surface area contributed by atoms with Crippen molar-refractivity contribution in [3.8, 4) is 0 Å². The van der Waals surface area contributed by atoms with Gasteiger partial charge in [-0.1, -0.05) is 42.1 Å². The molecule has 1 fully saturated rings. The Morgan fingerprint density at radius 2 is 1.89 bits per heavy atom. The van der Waals surface area contributed by atoms with Crippen LogP contribution in [-0.2, 0) is 10.0 Å². The highest BCUT2D eigenvalue weighted by Gasteiger charge is 2.22. The van der Waals surface area contributed by atoms with Gasteiger partial charge in [-0.25, -0.2) is 13.1 Å². The molecule has 0 unspecified atom stereocenters. The van der Waals surface area contributed by atoms with Gasteiger partial charge in [-0.3, -0.25) is 0 Å². The van der Waals surface area contributed by atoms with E-state index in [1.807, 2.05) is 0 Å². The molecule has 0 aromatic heterocycles. The number of benzene rings is 1. The van der Waals surface area contributed by atoms with Crippen molar-refractivity contribution >= 4 is 33.2 Å². The first-order valence-corrected chi connectivity index (χ1v) is 8.18. The molecular formula is C12H15Cl2NO2S. The van der Waals surface area contributed by atoms with Gasteiger partial charge in [0.25, 0.3) is 0 Å². The molecule has 18 heavy (non-hydrogen) atoms. The van der Waals surface area contributed by atoms with E-state index >= 15 is 0 Å². The minimum absolute atomic E-state index is 0.0506. The van der Waals surface area contributed by atoms with Crippen LogP contribution in [0.4, 0.5) is 0 Å². The molecule has 1 aromatic carbocycles. The van der Waals surface area contributed by atoms with Crippen molar-refractivity contribution in [3.05, 3.63) is 28.2 Å². The highest BCUT2D eigenvalue weighted by Crippen LogP contribution is 2.29. The monoisotopic (exact) mass is 307 g/mol. The molecule has 2 rings (SSSR count). The third-order valence-electron chi connectivity index (χ3n) is 3.24. The fourth-order valence-electron chi connectivity index (χ4n) is 2.21. The average Bonchev–Trinajstić information content (AvgIpc) is 2.83. The Hall–Kier alpha value is -0.290. The third-order valence-corrected chi connectivity index (χ3v) is 5.64. The van der Waals surface area contributed by atoms with Gasteiger partial charge >= 0.3 is 0 Å². The van der Waals surface area contributed by atoms with Gasteiger partial charge in [0.05, 0.1) is 10.0 Å². The van der Waals surface area contributed by atoms with E-state index in [4.69, 9.17) is 23.2 Å². The van der Waals surface area contributed by atoms with E-state index in [2.05, 4.69) is 4.72 Å². The predicted molar refractivity (Wildman–Crippen MR) is 73.6 cm³/mol. The van der Waals surface area contributed by atoms with Crippen molar-refractivity contribution in [1.82, 2.24) is 4.72 Å². The lowest BCUT2D eigenvalue weighted by atomic mass is 10.1. The second-order valence-corrected chi connectivity index (χ2v) is 7.07. The molecule has 1 saturated carbocycles. The number of nitrogens with one attached hydrogen (secondary N) is 1. The molecule has 0 radical (unpaired) electrons. The van der Waals surface area contributed by atoms with E-state index in [0.717, 1.165) is 12.8 Å². The minimum Gasteiger partial charge on any atom is -0.211 e. The maximum atomic E-state index is 12.1. The van der Waals surface area contributed by atoms with Crippen LogP contribution in [0.3, 0.4) is 0 Å². The summed E-state index contributed by atoms with van der Waals surface area (Å²) in [6.45, 7) is 0.477. The minimum atomic E-state index is -3.57. The maximum Gasteiger partial charge on any atom is 0.242 e. The first-order chi connectivity index (χ1) is 8.50. The van der Waals surface area contributed by atoms with E-state index < -0.39 is 10.0 Å². The number of sulfonamides is 1. The van der Waals surface area contributed by atoms with Crippen molar-refractivity contribution in [2.75, 3.05) is 6.54 Å². The molecule has 0 heterocycles. The van der Waals surface area contributed by atoms with Gasteiger partial charge in [0, 0.05) is 6.54 Å². The summed E-state index contributed by atoms with van der Waals surface area (Å²) >= 11 is 11.7. The lowest BCUT2D eigenvalue weighted by Crippen LogP contribution is -2.28. The summed E-state index contributed by atoms with van der Waals surface area (Å²) in [5, 5.41) is 0.332. The Bertz CT molecular complexity index is 525. The zero-order valence-electron chi connectivity index (χ0n) is 9.83. The highest BCUT2D eigenvalue weighted by molar-refractivity contribution is 7.89. The van der Waals surface area contributed by atoms with E-state index in [-0.39, 0.29) is 14.9 Å². The summed E-state index contributed by atoms with van der Waals surface area (Å²) in [7, 11) is -3.57. The highest BCUT2D eigenvalue weighted by atomic mass is 35.5. The zero-order chi connectivity index (χ0) is 13.2. The van der Waals surface area contributed by atoms with Crippen LogP contribution in [-0.4, -0.2) is 15.0 Å². The van der Waals surface area contributed by atoms with Crippen LogP contribution in [0.2, 0.25) is 10.0 Å². The van der Waals surface area contributed by atoms with Gasteiger partial charge in [-0.2, -0.15) is 0 Å². The summed E-state index contributed by atoms with van der Waals surface area (Å²) in [5.41, 5.74) is 0. The average molecular weight is 308 g/mol. The van der Waals surface area contributed by atoms with Crippen molar-refractivity contribution in [3.63, 3.8) is 0 Å². The predicted octanol–water partition coefficient (Wildman–Crippen LogP) is 3.46. The lowest BCUT2D eigenvalue weighted by molar-refractivity contribution is 0.519. The van der Waals surface area contributed by atoms with Crippen molar-refractivity contribution in [1.29, 1.82) is 0 Å². The Morgan fingerprint density at radius 1 is 1.22 bits per heavy atom. The number of hydrogen-bond acceptors (Lipinski definition) is 2. The van der Waals surface area contributed by atoms with Gasteiger partial charge in [0.15, 0.2) is 0 Å². The third kappa shape index (κ3) is 3.18. The molecule has 0 amide bonds. The summed E-state index contributed by atoms with van der Waals surface area (Å²) in [6.07, 6.45) is 4.55. The Kier molecular flexibility index (Phi) is 4.54. The van der Waals surface area contributed by atoms with Crippen LogP contribution in [0.25, 0.3) is 0 Å². The quantitative estimate of drug-likeness (QED) is 0.926. The van der Waals surface area contributed by atoms with E-state index in [9.17, 15) is 8.42 Å².